The predicted octanol–water partition coefficient (Wildman–Crippen LogP) is 3.43. The molecule has 1 heterocycles. The molecule has 1 aliphatic rings. The number of ether oxygens (including phenoxy) is 1. The van der Waals surface area contributed by atoms with E-state index in [0.717, 1.165) is 5.56 Å². The van der Waals surface area contributed by atoms with Crippen molar-refractivity contribution in [1.82, 2.24) is 10.3 Å². The van der Waals surface area contributed by atoms with Gasteiger partial charge in [0.2, 0.25) is 5.91 Å². The van der Waals surface area contributed by atoms with Crippen LogP contribution in [0, 0.1) is 0 Å². The topological polar surface area (TPSA) is 149 Å². The maximum atomic E-state index is 12.9. The van der Waals surface area contributed by atoms with E-state index in [1.54, 1.807) is 49.5 Å². The number of rotatable bonds is 8. The van der Waals surface area contributed by atoms with E-state index in [1.807, 2.05) is 30.3 Å². The molecule has 1 unspecified atom stereocenters. The molecule has 200 valence electrons. The average molecular weight is 530 g/mol. The highest BCUT2D eigenvalue weighted by Gasteiger charge is 2.29. The quantitative estimate of drug-likeness (QED) is 0.258. The SMILES string of the molecule is CN1Cc2cc(C(=O)Nc3cccc(C=NNC(=O)OCc4ccccc4)c3)ccc2NC(CC(=O)O)C1=O. The summed E-state index contributed by atoms with van der Waals surface area (Å²) in [4.78, 5) is 49.9. The molecule has 0 saturated carbocycles. The average Bonchev–Trinajstić information content (AvgIpc) is 3.03. The van der Waals surface area contributed by atoms with Gasteiger partial charge < -0.3 is 25.4 Å². The maximum Gasteiger partial charge on any atom is 0.428 e. The van der Waals surface area contributed by atoms with E-state index >= 15 is 0 Å². The Morgan fingerprint density at radius 1 is 1.10 bits per heavy atom. The van der Waals surface area contributed by atoms with Crippen LogP contribution in [0.1, 0.15) is 33.5 Å². The molecule has 0 fully saturated rings. The van der Waals surface area contributed by atoms with Crippen LogP contribution in [0.2, 0.25) is 0 Å². The van der Waals surface area contributed by atoms with Crippen molar-refractivity contribution in [1.29, 1.82) is 0 Å². The number of fused-ring (bicyclic) bond motifs is 1. The summed E-state index contributed by atoms with van der Waals surface area (Å²) in [6.07, 6.45) is 0.377. The first-order valence-electron chi connectivity index (χ1n) is 12.1. The van der Waals surface area contributed by atoms with Gasteiger partial charge in [-0.25, -0.2) is 10.2 Å². The molecule has 4 rings (SSSR count). The number of nitrogens with zero attached hydrogens (tertiary/aromatic N) is 2. The molecule has 3 aromatic rings. The van der Waals surface area contributed by atoms with Gasteiger partial charge in [-0.3, -0.25) is 14.4 Å². The first-order chi connectivity index (χ1) is 18.8. The minimum atomic E-state index is -1.08. The highest BCUT2D eigenvalue weighted by atomic mass is 16.6. The standard InChI is InChI=1S/C28H27N5O6/c1-33-16-21-13-20(10-11-23(21)31-24(27(33)37)14-25(34)35)26(36)30-22-9-5-8-19(12-22)15-29-32-28(38)39-17-18-6-3-2-4-7-18/h2-13,15,24,31H,14,16-17H2,1H3,(H,30,36)(H,32,38)(H,34,35). The van der Waals surface area contributed by atoms with Crippen molar-refractivity contribution in [3.63, 3.8) is 0 Å². The fraction of sp³-hybridized carbons (Fsp3) is 0.179. The van der Waals surface area contributed by atoms with Crippen molar-refractivity contribution in [3.05, 3.63) is 95.1 Å². The molecule has 3 amide bonds. The van der Waals surface area contributed by atoms with E-state index in [4.69, 9.17) is 9.84 Å². The molecule has 39 heavy (non-hydrogen) atoms. The molecular weight excluding hydrogens is 502 g/mol. The molecule has 0 bridgehead atoms. The van der Waals surface area contributed by atoms with E-state index in [2.05, 4.69) is 21.2 Å². The number of carboxylic acids is 1. The Balaban J connectivity index is 1.36. The van der Waals surface area contributed by atoms with Crippen LogP contribution in [0.15, 0.2) is 77.9 Å². The summed E-state index contributed by atoms with van der Waals surface area (Å²) in [5.74, 6) is -1.79. The molecule has 0 spiro atoms. The van der Waals surface area contributed by atoms with Gasteiger partial charge in [0, 0.05) is 30.5 Å². The number of hydrogen-bond acceptors (Lipinski definition) is 7. The zero-order chi connectivity index (χ0) is 27.8. The Labute approximate surface area is 224 Å². The summed E-state index contributed by atoms with van der Waals surface area (Å²) in [7, 11) is 1.59. The van der Waals surface area contributed by atoms with Crippen molar-refractivity contribution >= 4 is 41.5 Å². The van der Waals surface area contributed by atoms with Gasteiger partial charge in [-0.2, -0.15) is 5.10 Å². The van der Waals surface area contributed by atoms with Gasteiger partial charge in [-0.05, 0) is 47.0 Å². The van der Waals surface area contributed by atoms with E-state index < -0.39 is 18.1 Å². The van der Waals surface area contributed by atoms with Gasteiger partial charge >= 0.3 is 12.1 Å². The van der Waals surface area contributed by atoms with Gasteiger partial charge in [-0.1, -0.05) is 42.5 Å². The number of anilines is 2. The lowest BCUT2D eigenvalue weighted by molar-refractivity contribution is -0.141. The van der Waals surface area contributed by atoms with Crippen molar-refractivity contribution < 1.29 is 29.0 Å². The first-order valence-corrected chi connectivity index (χ1v) is 12.1. The van der Waals surface area contributed by atoms with Crippen molar-refractivity contribution in [3.8, 4) is 0 Å². The van der Waals surface area contributed by atoms with Crippen LogP contribution in [-0.4, -0.2) is 53.2 Å². The van der Waals surface area contributed by atoms with Crippen LogP contribution < -0.4 is 16.1 Å². The fourth-order valence-corrected chi connectivity index (χ4v) is 3.98. The lowest BCUT2D eigenvalue weighted by Gasteiger charge is -2.19. The van der Waals surface area contributed by atoms with Crippen molar-refractivity contribution in [2.24, 2.45) is 5.10 Å². The first kappa shape index (κ1) is 26.9. The highest BCUT2D eigenvalue weighted by Crippen LogP contribution is 2.25. The number of aliphatic carboxylic acids is 1. The van der Waals surface area contributed by atoms with Gasteiger partial charge in [0.05, 0.1) is 12.6 Å². The van der Waals surface area contributed by atoms with Gasteiger partial charge in [0.1, 0.15) is 12.6 Å². The zero-order valence-electron chi connectivity index (χ0n) is 21.1. The fourth-order valence-electron chi connectivity index (χ4n) is 3.98. The number of carbonyl (C=O) groups is 4. The molecule has 0 saturated heterocycles. The maximum absolute atomic E-state index is 12.9. The summed E-state index contributed by atoms with van der Waals surface area (Å²) < 4.78 is 5.10. The number of hydrazone groups is 1. The summed E-state index contributed by atoms with van der Waals surface area (Å²) in [6.45, 7) is 0.350. The number of nitrogens with one attached hydrogen (secondary N) is 3. The van der Waals surface area contributed by atoms with Gasteiger partial charge in [-0.15, -0.1) is 0 Å². The number of carboxylic acid groups (broad SMARTS) is 1. The Kier molecular flexibility index (Phi) is 8.52. The Hall–Kier alpha value is -5.19. The van der Waals surface area contributed by atoms with E-state index in [9.17, 15) is 19.2 Å². The van der Waals surface area contributed by atoms with E-state index in [1.165, 1.54) is 11.1 Å². The number of benzene rings is 3. The van der Waals surface area contributed by atoms with Gasteiger partial charge in [0.25, 0.3) is 5.91 Å². The van der Waals surface area contributed by atoms with Crippen molar-refractivity contribution in [2.75, 3.05) is 17.7 Å². The molecule has 0 radical (unpaired) electrons. The Morgan fingerprint density at radius 3 is 2.67 bits per heavy atom. The highest BCUT2D eigenvalue weighted by molar-refractivity contribution is 6.05. The van der Waals surface area contributed by atoms with Crippen LogP contribution in [0.3, 0.4) is 0 Å². The second-order valence-corrected chi connectivity index (χ2v) is 8.87. The van der Waals surface area contributed by atoms with Crippen LogP contribution in [0.25, 0.3) is 0 Å². The second-order valence-electron chi connectivity index (χ2n) is 8.87. The molecule has 1 aliphatic heterocycles. The Bertz CT molecular complexity index is 1410. The molecule has 1 atom stereocenters. The third kappa shape index (κ3) is 7.41. The third-order valence-electron chi connectivity index (χ3n) is 5.88. The lowest BCUT2D eigenvalue weighted by atomic mass is 10.1. The Morgan fingerprint density at radius 2 is 1.90 bits per heavy atom. The van der Waals surface area contributed by atoms with Crippen LogP contribution in [0.4, 0.5) is 16.2 Å². The monoisotopic (exact) mass is 529 g/mol. The number of amides is 3. The van der Waals surface area contributed by atoms with E-state index in [-0.39, 0.29) is 31.4 Å². The molecule has 3 aromatic carbocycles. The summed E-state index contributed by atoms with van der Waals surface area (Å²) in [5.41, 5.74) is 5.96. The predicted molar refractivity (Wildman–Crippen MR) is 144 cm³/mol. The minimum Gasteiger partial charge on any atom is -0.481 e. The third-order valence-corrected chi connectivity index (χ3v) is 5.88. The molecular formula is C28H27N5O6. The van der Waals surface area contributed by atoms with Crippen LogP contribution >= 0.6 is 0 Å². The zero-order valence-corrected chi connectivity index (χ0v) is 21.1. The second kappa shape index (κ2) is 12.4. The number of likely N-dealkylation sites (N-methyl/N-ethyl adjacent to an activating group) is 1. The molecule has 0 aromatic heterocycles. The molecule has 11 nitrogen and oxygen atoms in total. The normalized spacial score (nSPS) is 14.6. The van der Waals surface area contributed by atoms with Crippen molar-refractivity contribution in [2.45, 2.75) is 25.6 Å². The smallest absolute Gasteiger partial charge is 0.428 e. The molecule has 4 N–H and O–H groups in total. The summed E-state index contributed by atoms with van der Waals surface area (Å²) >= 11 is 0. The largest absolute Gasteiger partial charge is 0.481 e. The molecule has 11 heteroatoms. The summed E-state index contributed by atoms with van der Waals surface area (Å²) in [5, 5.41) is 18.8. The lowest BCUT2D eigenvalue weighted by Crippen LogP contribution is -2.39. The summed E-state index contributed by atoms with van der Waals surface area (Å²) in [6, 6.07) is 20.2. The number of carbonyl (C=O) groups excluding carboxylic acids is 3. The van der Waals surface area contributed by atoms with Crippen LogP contribution in [-0.2, 0) is 27.5 Å². The number of hydrogen-bond donors (Lipinski definition) is 4. The molecule has 0 aliphatic carbocycles. The minimum absolute atomic E-state index is 0.123. The van der Waals surface area contributed by atoms with Crippen LogP contribution in [0.5, 0.6) is 0 Å². The van der Waals surface area contributed by atoms with E-state index in [0.29, 0.717) is 28.1 Å². The van der Waals surface area contributed by atoms with Gasteiger partial charge in [0.15, 0.2) is 0 Å².